The van der Waals surface area contributed by atoms with E-state index in [1.54, 1.807) is 28.9 Å². The van der Waals surface area contributed by atoms with Gasteiger partial charge in [0.2, 0.25) is 11.8 Å². The molecule has 1 aromatic carbocycles. The predicted molar refractivity (Wildman–Crippen MR) is 88.7 cm³/mol. The van der Waals surface area contributed by atoms with Crippen molar-refractivity contribution in [1.29, 1.82) is 0 Å². The molecular weight excluding hydrogens is 348 g/mol. The number of nitrogens with one attached hydrogen (secondary N) is 2. The average Bonchev–Trinajstić information content (AvgIpc) is 2.77. The molecule has 0 aliphatic rings. The smallest absolute Gasteiger partial charge is 0.226 e. The van der Waals surface area contributed by atoms with Gasteiger partial charge in [-0.25, -0.2) is 0 Å². The molecule has 2 rings (SSSR count). The molecule has 6 nitrogen and oxygen atoms in total. The van der Waals surface area contributed by atoms with Gasteiger partial charge in [-0.05, 0) is 47.1 Å². The third kappa shape index (κ3) is 4.70. The lowest BCUT2D eigenvalue weighted by atomic mass is 10.2. The van der Waals surface area contributed by atoms with E-state index in [1.807, 2.05) is 13.1 Å². The fourth-order valence-corrected chi connectivity index (χ4v) is 2.20. The summed E-state index contributed by atoms with van der Waals surface area (Å²) in [4.78, 5) is 22.8. The first-order chi connectivity index (χ1) is 10.4. The normalized spacial score (nSPS) is 10.3. The van der Waals surface area contributed by atoms with Crippen molar-refractivity contribution >= 4 is 39.1 Å². The highest BCUT2D eigenvalue weighted by Crippen LogP contribution is 2.15. The number of carbonyl (C=O) groups is 2. The summed E-state index contributed by atoms with van der Waals surface area (Å²) in [5.74, 6) is -0.214. The Morgan fingerprint density at radius 1 is 1.18 bits per heavy atom. The highest BCUT2D eigenvalue weighted by molar-refractivity contribution is 9.10. The van der Waals surface area contributed by atoms with E-state index in [9.17, 15) is 9.59 Å². The first-order valence-electron chi connectivity index (χ1n) is 6.81. The van der Waals surface area contributed by atoms with Crippen molar-refractivity contribution in [2.45, 2.75) is 26.8 Å². The molecular formula is C15H17BrN4O2. The van der Waals surface area contributed by atoms with Crippen LogP contribution >= 0.6 is 15.9 Å². The van der Waals surface area contributed by atoms with Gasteiger partial charge in [-0.3, -0.25) is 14.3 Å². The van der Waals surface area contributed by atoms with Gasteiger partial charge >= 0.3 is 0 Å². The maximum absolute atomic E-state index is 11.9. The van der Waals surface area contributed by atoms with Crippen LogP contribution in [0.2, 0.25) is 0 Å². The fraction of sp³-hybridized carbons (Fsp3) is 0.267. The Balaban J connectivity index is 1.85. The molecule has 2 amide bonds. The monoisotopic (exact) mass is 364 g/mol. The number of rotatable bonds is 5. The van der Waals surface area contributed by atoms with Gasteiger partial charge in [-0.2, -0.15) is 5.10 Å². The van der Waals surface area contributed by atoms with Crippen LogP contribution in [0.5, 0.6) is 0 Å². The number of hydrogen-bond donors (Lipinski definition) is 2. The van der Waals surface area contributed by atoms with Gasteiger partial charge in [0.15, 0.2) is 0 Å². The number of halogens is 1. The maximum atomic E-state index is 11.9. The number of anilines is 2. The summed E-state index contributed by atoms with van der Waals surface area (Å²) < 4.78 is 2.67. The van der Waals surface area contributed by atoms with Gasteiger partial charge < -0.3 is 10.6 Å². The van der Waals surface area contributed by atoms with Crippen LogP contribution in [0.4, 0.5) is 11.4 Å². The highest BCUT2D eigenvalue weighted by atomic mass is 79.9. The summed E-state index contributed by atoms with van der Waals surface area (Å²) in [7, 11) is 0. The molecule has 0 aliphatic heterocycles. The van der Waals surface area contributed by atoms with Gasteiger partial charge in [0.25, 0.3) is 0 Å². The lowest BCUT2D eigenvalue weighted by molar-refractivity contribution is -0.116. The molecule has 0 bridgehead atoms. The van der Waals surface area contributed by atoms with Crippen molar-refractivity contribution in [1.82, 2.24) is 9.78 Å². The SMILES string of the molecule is CC(=O)Nc1ccc(NC(=O)CCn2cc(Br)c(C)n2)cc1. The van der Waals surface area contributed by atoms with Crippen molar-refractivity contribution in [2.24, 2.45) is 0 Å². The zero-order valence-corrected chi connectivity index (χ0v) is 14.0. The van der Waals surface area contributed by atoms with Crippen LogP contribution in [0.3, 0.4) is 0 Å². The van der Waals surface area contributed by atoms with Gasteiger partial charge in [0.05, 0.1) is 10.2 Å². The molecule has 0 aliphatic carbocycles. The number of amides is 2. The fourth-order valence-electron chi connectivity index (χ4n) is 1.89. The quantitative estimate of drug-likeness (QED) is 0.856. The molecule has 0 spiro atoms. The molecule has 0 radical (unpaired) electrons. The van der Waals surface area contributed by atoms with Crippen molar-refractivity contribution < 1.29 is 9.59 Å². The number of carbonyl (C=O) groups excluding carboxylic acids is 2. The molecule has 2 N–H and O–H groups in total. The van der Waals surface area contributed by atoms with Crippen LogP contribution in [0.15, 0.2) is 34.9 Å². The topological polar surface area (TPSA) is 76.0 Å². The Kier molecular flexibility index (Phi) is 5.32. The van der Waals surface area contributed by atoms with Crippen LogP contribution < -0.4 is 10.6 Å². The molecule has 0 atom stereocenters. The molecule has 0 saturated carbocycles. The van der Waals surface area contributed by atoms with E-state index in [2.05, 4.69) is 31.7 Å². The first-order valence-corrected chi connectivity index (χ1v) is 7.60. The van der Waals surface area contributed by atoms with E-state index >= 15 is 0 Å². The van der Waals surface area contributed by atoms with Gasteiger partial charge in [0, 0.05) is 37.5 Å². The second kappa shape index (κ2) is 7.22. The standard InChI is InChI=1S/C15H17BrN4O2/c1-10-14(16)9-20(19-10)8-7-15(22)18-13-5-3-12(4-6-13)17-11(2)21/h3-6,9H,7-8H2,1-2H3,(H,17,21)(H,18,22). The van der Waals surface area contributed by atoms with E-state index in [1.165, 1.54) is 6.92 Å². The number of hydrogen-bond acceptors (Lipinski definition) is 3. The van der Waals surface area contributed by atoms with E-state index in [4.69, 9.17) is 0 Å². The van der Waals surface area contributed by atoms with Crippen molar-refractivity contribution in [3.63, 3.8) is 0 Å². The Bertz CT molecular complexity index is 660. The van der Waals surface area contributed by atoms with Crippen molar-refractivity contribution in [2.75, 3.05) is 10.6 Å². The zero-order valence-electron chi connectivity index (χ0n) is 12.4. The van der Waals surface area contributed by atoms with E-state index in [-0.39, 0.29) is 11.8 Å². The number of aromatic nitrogens is 2. The van der Waals surface area contributed by atoms with E-state index in [0.29, 0.717) is 24.3 Å². The molecule has 1 aromatic heterocycles. The second-order valence-electron chi connectivity index (χ2n) is 4.88. The Hall–Kier alpha value is -2.15. The summed E-state index contributed by atoms with van der Waals surface area (Å²) >= 11 is 3.39. The van der Waals surface area contributed by atoms with E-state index in [0.717, 1.165) is 10.2 Å². The minimum absolute atomic E-state index is 0.0865. The maximum Gasteiger partial charge on any atom is 0.226 e. The van der Waals surface area contributed by atoms with E-state index < -0.39 is 0 Å². The molecule has 0 unspecified atom stereocenters. The minimum atomic E-state index is -0.127. The summed E-state index contributed by atoms with van der Waals surface area (Å²) in [5, 5.41) is 9.76. The Morgan fingerprint density at radius 3 is 2.27 bits per heavy atom. The lowest BCUT2D eigenvalue weighted by Gasteiger charge is -2.07. The molecule has 1 heterocycles. The average molecular weight is 365 g/mol. The zero-order chi connectivity index (χ0) is 16.1. The molecule has 0 fully saturated rings. The molecule has 22 heavy (non-hydrogen) atoms. The lowest BCUT2D eigenvalue weighted by Crippen LogP contribution is -2.15. The molecule has 7 heteroatoms. The number of nitrogens with zero attached hydrogens (tertiary/aromatic N) is 2. The van der Waals surface area contributed by atoms with Gasteiger partial charge in [-0.15, -0.1) is 0 Å². The highest BCUT2D eigenvalue weighted by Gasteiger charge is 2.06. The third-order valence-electron chi connectivity index (χ3n) is 2.94. The van der Waals surface area contributed by atoms with Crippen LogP contribution in [-0.4, -0.2) is 21.6 Å². The third-order valence-corrected chi connectivity index (χ3v) is 3.72. The summed E-state index contributed by atoms with van der Waals surface area (Å²) in [6.07, 6.45) is 2.19. The summed E-state index contributed by atoms with van der Waals surface area (Å²) in [6, 6.07) is 6.98. The van der Waals surface area contributed by atoms with Crippen LogP contribution in [0, 0.1) is 6.92 Å². The van der Waals surface area contributed by atoms with Gasteiger partial charge in [0.1, 0.15) is 0 Å². The Morgan fingerprint density at radius 2 is 1.77 bits per heavy atom. The van der Waals surface area contributed by atoms with Crippen LogP contribution in [-0.2, 0) is 16.1 Å². The first kappa shape index (κ1) is 16.2. The molecule has 2 aromatic rings. The summed E-state index contributed by atoms with van der Waals surface area (Å²) in [6.45, 7) is 3.87. The van der Waals surface area contributed by atoms with Gasteiger partial charge in [-0.1, -0.05) is 0 Å². The van der Waals surface area contributed by atoms with Crippen molar-refractivity contribution in [3.05, 3.63) is 40.6 Å². The van der Waals surface area contributed by atoms with Crippen molar-refractivity contribution in [3.8, 4) is 0 Å². The summed E-state index contributed by atoms with van der Waals surface area (Å²) in [5.41, 5.74) is 2.29. The second-order valence-corrected chi connectivity index (χ2v) is 5.74. The minimum Gasteiger partial charge on any atom is -0.326 e. The molecule has 116 valence electrons. The predicted octanol–water partition coefficient (Wildman–Crippen LogP) is 2.94. The number of aryl methyl sites for hydroxylation is 2. The number of benzene rings is 1. The van der Waals surface area contributed by atoms with Crippen LogP contribution in [0.1, 0.15) is 19.0 Å². The largest absolute Gasteiger partial charge is 0.326 e. The Labute approximate surface area is 137 Å². The molecule has 0 saturated heterocycles. The van der Waals surface area contributed by atoms with Crippen LogP contribution in [0.25, 0.3) is 0 Å².